The van der Waals surface area contributed by atoms with E-state index in [1.165, 1.54) is 70.6 Å². The maximum Gasteiger partial charge on any atom is 0.303 e. The number of carboxylic acids is 3. The number of nitrogens with zero attached hydrogens (tertiary/aromatic N) is 1. The van der Waals surface area contributed by atoms with E-state index in [1.807, 2.05) is 6.08 Å². The van der Waals surface area contributed by atoms with Gasteiger partial charge in [0.05, 0.1) is 26.2 Å². The second-order valence-electron chi connectivity index (χ2n) is 11.1. The molecule has 0 rings (SSSR count). The summed E-state index contributed by atoms with van der Waals surface area (Å²) in [5.41, 5.74) is 0. The second-order valence-corrected chi connectivity index (χ2v) is 11.1. The minimum absolute atomic E-state index is 0.0628. The van der Waals surface area contributed by atoms with Crippen LogP contribution < -0.4 is 5.11 Å². The lowest BCUT2D eigenvalue weighted by atomic mass is 10.0. The predicted molar refractivity (Wildman–Crippen MR) is 152 cm³/mol. The molecule has 0 spiro atoms. The number of hydrogen-bond acceptors (Lipinski definition) is 4. The van der Waals surface area contributed by atoms with Gasteiger partial charge in [0, 0.05) is 18.8 Å². The third-order valence-corrected chi connectivity index (χ3v) is 7.60. The van der Waals surface area contributed by atoms with E-state index in [0.29, 0.717) is 19.3 Å². The molecular weight excluding hydrogens is 482 g/mol. The quantitative estimate of drug-likeness (QED) is 0.0612. The topological polar surface area (TPSA) is 115 Å². The molecule has 0 aromatic heterocycles. The Morgan fingerprint density at radius 2 is 0.842 bits per heavy atom. The van der Waals surface area contributed by atoms with Crippen LogP contribution in [-0.2, 0) is 14.4 Å². The van der Waals surface area contributed by atoms with Gasteiger partial charge in [0.15, 0.2) is 0 Å². The van der Waals surface area contributed by atoms with Crippen molar-refractivity contribution in [1.82, 2.24) is 0 Å². The molecule has 0 radical (unpaired) electrons. The lowest BCUT2D eigenvalue weighted by molar-refractivity contribution is -0.929. The highest BCUT2D eigenvalue weighted by Gasteiger charge is 2.26. The molecule has 0 aliphatic carbocycles. The minimum Gasteiger partial charge on any atom is -0.550 e. The Hall–Kier alpha value is -1.89. The van der Waals surface area contributed by atoms with E-state index in [9.17, 15) is 19.5 Å². The third kappa shape index (κ3) is 24.4. The zero-order valence-corrected chi connectivity index (χ0v) is 24.1. The van der Waals surface area contributed by atoms with Gasteiger partial charge in [-0.3, -0.25) is 9.59 Å². The van der Waals surface area contributed by atoms with Crippen LogP contribution in [0.4, 0.5) is 0 Å². The van der Waals surface area contributed by atoms with Gasteiger partial charge in [-0.1, -0.05) is 63.9 Å². The average Bonchev–Trinajstić information content (AvgIpc) is 2.87. The van der Waals surface area contributed by atoms with E-state index in [2.05, 4.69) is 6.58 Å². The van der Waals surface area contributed by atoms with Crippen molar-refractivity contribution < 1.29 is 34.2 Å². The smallest absolute Gasteiger partial charge is 0.303 e. The standard InChI is InChI=1S/C31H57NO6/c1-2-3-4-5-6-7-8-9-10-11-12-13-14-18-25-32(26-19-15-22-29(33)34,27-20-16-23-30(35)36)28-21-17-24-31(37)38/h2H,1,3-28H2,(H2-,33,34,35,36,37,38). The summed E-state index contributed by atoms with van der Waals surface area (Å²) in [6.45, 7) is 7.38. The summed E-state index contributed by atoms with van der Waals surface area (Å²) in [5.74, 6) is -2.57. The summed E-state index contributed by atoms with van der Waals surface area (Å²) >= 11 is 0. The van der Waals surface area contributed by atoms with Gasteiger partial charge >= 0.3 is 11.9 Å². The first kappa shape index (κ1) is 36.1. The molecule has 0 heterocycles. The molecule has 0 aliphatic rings. The lowest BCUT2D eigenvalue weighted by Gasteiger charge is -2.39. The summed E-state index contributed by atoms with van der Waals surface area (Å²) in [5, 5.41) is 28.9. The van der Waals surface area contributed by atoms with Gasteiger partial charge in [-0.2, -0.15) is 0 Å². The SMILES string of the molecule is C=CCCCCCCCCCCCCCC[N+](CCCCC(=O)[O-])(CCCCC(=O)O)CCCCC(=O)O. The van der Waals surface area contributed by atoms with E-state index >= 15 is 0 Å². The van der Waals surface area contributed by atoms with E-state index in [1.54, 1.807) is 0 Å². The molecule has 0 atom stereocenters. The molecule has 7 heteroatoms. The molecule has 38 heavy (non-hydrogen) atoms. The summed E-state index contributed by atoms with van der Waals surface area (Å²) in [4.78, 5) is 32.8. The molecule has 0 bridgehead atoms. The van der Waals surface area contributed by atoms with E-state index in [4.69, 9.17) is 10.2 Å². The van der Waals surface area contributed by atoms with Gasteiger partial charge in [-0.05, 0) is 70.6 Å². The fraction of sp³-hybridized carbons (Fsp3) is 0.839. The predicted octanol–water partition coefficient (Wildman–Crippen LogP) is 6.49. The van der Waals surface area contributed by atoms with Crippen molar-refractivity contribution in [3.8, 4) is 0 Å². The normalized spacial score (nSPS) is 11.5. The fourth-order valence-electron chi connectivity index (χ4n) is 5.34. The first-order valence-corrected chi connectivity index (χ1v) is 15.4. The van der Waals surface area contributed by atoms with E-state index < -0.39 is 17.9 Å². The number of allylic oxidation sites excluding steroid dienone is 1. The molecule has 0 amide bonds. The number of carbonyl (C=O) groups is 3. The number of carbonyl (C=O) groups excluding carboxylic acids is 1. The molecule has 0 saturated heterocycles. The van der Waals surface area contributed by atoms with Crippen molar-refractivity contribution in [1.29, 1.82) is 0 Å². The molecule has 222 valence electrons. The number of rotatable bonds is 30. The molecule has 0 aromatic carbocycles. The van der Waals surface area contributed by atoms with Crippen LogP contribution >= 0.6 is 0 Å². The fourth-order valence-corrected chi connectivity index (χ4v) is 5.34. The van der Waals surface area contributed by atoms with Gasteiger partial charge in [-0.25, -0.2) is 0 Å². The molecular formula is C31H57NO6. The largest absolute Gasteiger partial charge is 0.550 e. The Labute approximate surface area is 232 Å². The second kappa shape index (κ2) is 25.4. The van der Waals surface area contributed by atoms with Crippen LogP contribution in [-0.4, -0.2) is 58.8 Å². The number of aliphatic carboxylic acids is 3. The zero-order chi connectivity index (χ0) is 28.3. The highest BCUT2D eigenvalue weighted by molar-refractivity contribution is 5.66. The Morgan fingerprint density at radius 3 is 1.18 bits per heavy atom. The van der Waals surface area contributed by atoms with Gasteiger partial charge in [0.25, 0.3) is 0 Å². The number of hydrogen-bond donors (Lipinski definition) is 2. The summed E-state index contributed by atoms with van der Waals surface area (Å²) < 4.78 is 0.846. The van der Waals surface area contributed by atoms with Gasteiger partial charge in [0.1, 0.15) is 0 Å². The zero-order valence-electron chi connectivity index (χ0n) is 24.1. The number of carboxylic acid groups (broad SMARTS) is 3. The minimum atomic E-state index is -1.02. The molecule has 0 fully saturated rings. The molecule has 7 nitrogen and oxygen atoms in total. The maximum absolute atomic E-state index is 11.0. The van der Waals surface area contributed by atoms with Crippen molar-refractivity contribution in [3.05, 3.63) is 12.7 Å². The van der Waals surface area contributed by atoms with Crippen LogP contribution in [0, 0.1) is 0 Å². The summed E-state index contributed by atoms with van der Waals surface area (Å²) in [6.07, 6.45) is 23.2. The lowest BCUT2D eigenvalue weighted by Crippen LogP contribution is -2.51. The van der Waals surface area contributed by atoms with Crippen LogP contribution in [0.15, 0.2) is 12.7 Å². The van der Waals surface area contributed by atoms with Crippen LogP contribution in [0.5, 0.6) is 0 Å². The van der Waals surface area contributed by atoms with Gasteiger partial charge in [-0.15, -0.1) is 6.58 Å². The number of unbranched alkanes of at least 4 members (excludes halogenated alkanes) is 15. The number of quaternary nitrogens is 1. The van der Waals surface area contributed by atoms with Crippen LogP contribution in [0.1, 0.15) is 141 Å². The Morgan fingerprint density at radius 1 is 0.526 bits per heavy atom. The van der Waals surface area contributed by atoms with Gasteiger partial charge < -0.3 is 24.6 Å². The third-order valence-electron chi connectivity index (χ3n) is 7.60. The molecule has 0 aliphatic heterocycles. The Bertz CT molecular complexity index is 566. The van der Waals surface area contributed by atoms with Crippen LogP contribution in [0.25, 0.3) is 0 Å². The molecule has 0 aromatic rings. The van der Waals surface area contributed by atoms with Crippen molar-refractivity contribution in [2.45, 2.75) is 141 Å². The van der Waals surface area contributed by atoms with E-state index in [0.717, 1.165) is 62.8 Å². The Balaban J connectivity index is 4.51. The summed E-state index contributed by atoms with van der Waals surface area (Å²) in [7, 11) is 0. The first-order chi connectivity index (χ1) is 18.3. The highest BCUT2D eigenvalue weighted by atomic mass is 16.4. The highest BCUT2D eigenvalue weighted by Crippen LogP contribution is 2.20. The van der Waals surface area contributed by atoms with Crippen molar-refractivity contribution in [2.75, 3.05) is 26.2 Å². The van der Waals surface area contributed by atoms with Crippen molar-refractivity contribution >= 4 is 17.9 Å². The van der Waals surface area contributed by atoms with Crippen LogP contribution in [0.2, 0.25) is 0 Å². The first-order valence-electron chi connectivity index (χ1n) is 15.4. The van der Waals surface area contributed by atoms with Crippen molar-refractivity contribution in [3.63, 3.8) is 0 Å². The van der Waals surface area contributed by atoms with Gasteiger partial charge in [0.2, 0.25) is 0 Å². The Kier molecular flexibility index (Phi) is 24.1. The molecule has 2 N–H and O–H groups in total. The monoisotopic (exact) mass is 539 g/mol. The maximum atomic E-state index is 11.0. The average molecular weight is 540 g/mol. The molecule has 0 unspecified atom stereocenters. The van der Waals surface area contributed by atoms with Crippen LogP contribution in [0.3, 0.4) is 0 Å². The summed E-state index contributed by atoms with van der Waals surface area (Å²) in [6, 6.07) is 0. The molecule has 0 saturated carbocycles. The van der Waals surface area contributed by atoms with Crippen molar-refractivity contribution in [2.24, 2.45) is 0 Å². The van der Waals surface area contributed by atoms with E-state index in [-0.39, 0.29) is 19.3 Å².